The van der Waals surface area contributed by atoms with Crippen LogP contribution in [0.3, 0.4) is 0 Å². The van der Waals surface area contributed by atoms with Crippen molar-refractivity contribution in [1.82, 2.24) is 5.32 Å². The van der Waals surface area contributed by atoms with Gasteiger partial charge in [0, 0.05) is 10.9 Å². The molecule has 0 spiro atoms. The zero-order valence-electron chi connectivity index (χ0n) is 11.7. The third-order valence-corrected chi connectivity index (χ3v) is 6.40. The minimum atomic E-state index is 0.692. The van der Waals surface area contributed by atoms with Crippen molar-refractivity contribution < 1.29 is 0 Å². The van der Waals surface area contributed by atoms with Crippen LogP contribution in [-0.4, -0.2) is 12.6 Å². The van der Waals surface area contributed by atoms with Crippen LogP contribution in [0.2, 0.25) is 5.02 Å². The van der Waals surface area contributed by atoms with Crippen LogP contribution in [0.5, 0.6) is 0 Å². The average Bonchev–Trinajstić information content (AvgIpc) is 3.17. The highest BCUT2D eigenvalue weighted by Crippen LogP contribution is 2.45. The van der Waals surface area contributed by atoms with Crippen molar-refractivity contribution in [3.8, 4) is 0 Å². The minimum absolute atomic E-state index is 0.692. The quantitative estimate of drug-likeness (QED) is 0.800. The van der Waals surface area contributed by atoms with Crippen molar-refractivity contribution in [2.45, 2.75) is 57.4 Å². The highest BCUT2D eigenvalue weighted by molar-refractivity contribution is 7.10. The molecule has 3 rings (SSSR count). The average molecular weight is 298 g/mol. The molecule has 2 saturated carbocycles. The minimum Gasteiger partial charge on any atom is -0.314 e. The molecule has 19 heavy (non-hydrogen) atoms. The zero-order chi connectivity index (χ0) is 13.2. The Bertz CT molecular complexity index is 413. The van der Waals surface area contributed by atoms with E-state index in [1.54, 1.807) is 0 Å². The second kappa shape index (κ2) is 6.15. The van der Waals surface area contributed by atoms with Gasteiger partial charge in [-0.1, -0.05) is 31.4 Å². The van der Waals surface area contributed by atoms with Gasteiger partial charge in [0.15, 0.2) is 0 Å². The van der Waals surface area contributed by atoms with Gasteiger partial charge in [0.2, 0.25) is 0 Å². The zero-order valence-corrected chi connectivity index (χ0v) is 13.3. The molecule has 0 amide bonds. The van der Waals surface area contributed by atoms with E-state index >= 15 is 0 Å². The van der Waals surface area contributed by atoms with Crippen LogP contribution in [0, 0.1) is 11.8 Å². The number of hydrogen-bond acceptors (Lipinski definition) is 2. The van der Waals surface area contributed by atoms with Gasteiger partial charge in [-0.25, -0.2) is 0 Å². The van der Waals surface area contributed by atoms with Gasteiger partial charge in [-0.2, -0.15) is 0 Å². The van der Waals surface area contributed by atoms with Crippen molar-refractivity contribution >= 4 is 22.9 Å². The Morgan fingerprint density at radius 2 is 2.16 bits per heavy atom. The molecule has 1 heterocycles. The first-order valence-electron chi connectivity index (χ1n) is 7.74. The number of nitrogens with one attached hydrogen (secondary N) is 1. The van der Waals surface area contributed by atoms with Crippen molar-refractivity contribution in [1.29, 1.82) is 0 Å². The Kier molecular flexibility index (Phi) is 4.51. The number of halogens is 1. The van der Waals surface area contributed by atoms with Crippen molar-refractivity contribution in [3.05, 3.63) is 21.3 Å². The van der Waals surface area contributed by atoms with Gasteiger partial charge in [-0.3, -0.25) is 0 Å². The molecule has 2 aliphatic rings. The molecule has 0 bridgehead atoms. The standard InChI is InChI=1S/C16H24ClNS/c1-2-11-3-4-12(10-18-13-5-6-13)14(9-11)16-15(17)7-8-19-16/h7-8,11-14,18H,2-6,9-10H2,1H3. The molecule has 1 aromatic heterocycles. The van der Waals surface area contributed by atoms with Gasteiger partial charge in [0.05, 0.1) is 5.02 Å². The fraction of sp³-hybridized carbons (Fsp3) is 0.750. The first-order valence-corrected chi connectivity index (χ1v) is 9.00. The maximum absolute atomic E-state index is 6.39. The van der Waals surface area contributed by atoms with Gasteiger partial charge in [-0.15, -0.1) is 11.3 Å². The Morgan fingerprint density at radius 1 is 1.32 bits per heavy atom. The van der Waals surface area contributed by atoms with Gasteiger partial charge in [0.25, 0.3) is 0 Å². The molecular formula is C16H24ClNS. The fourth-order valence-corrected chi connectivity index (χ4v) is 4.84. The summed E-state index contributed by atoms with van der Waals surface area (Å²) in [5, 5.41) is 6.89. The van der Waals surface area contributed by atoms with Gasteiger partial charge in [-0.05, 0) is 61.4 Å². The number of hydrogen-bond donors (Lipinski definition) is 1. The highest BCUT2D eigenvalue weighted by atomic mass is 35.5. The summed E-state index contributed by atoms with van der Waals surface area (Å²) in [5.74, 6) is 2.39. The summed E-state index contributed by atoms with van der Waals surface area (Å²) in [6.45, 7) is 3.53. The maximum Gasteiger partial charge on any atom is 0.0547 e. The van der Waals surface area contributed by atoms with Crippen LogP contribution in [0.4, 0.5) is 0 Å². The van der Waals surface area contributed by atoms with E-state index in [-0.39, 0.29) is 0 Å². The molecule has 1 aromatic rings. The predicted octanol–water partition coefficient (Wildman–Crippen LogP) is 5.06. The monoisotopic (exact) mass is 297 g/mol. The Balaban J connectivity index is 1.70. The van der Waals surface area contributed by atoms with Crippen LogP contribution in [0.15, 0.2) is 11.4 Å². The van der Waals surface area contributed by atoms with Crippen molar-refractivity contribution in [2.75, 3.05) is 6.54 Å². The topological polar surface area (TPSA) is 12.0 Å². The smallest absolute Gasteiger partial charge is 0.0547 e. The van der Waals surface area contributed by atoms with E-state index in [1.165, 1.54) is 49.9 Å². The SMILES string of the molecule is CCC1CCC(CNC2CC2)C(c2sccc2Cl)C1. The molecule has 3 heteroatoms. The van der Waals surface area contributed by atoms with Gasteiger partial charge < -0.3 is 5.32 Å². The normalized spacial score (nSPS) is 31.6. The lowest BCUT2D eigenvalue weighted by atomic mass is 9.72. The molecule has 2 aliphatic carbocycles. The van der Waals surface area contributed by atoms with E-state index in [4.69, 9.17) is 11.6 Å². The molecule has 0 aromatic carbocycles. The number of rotatable bonds is 5. The summed E-state index contributed by atoms with van der Waals surface area (Å²) in [6.07, 6.45) is 8.21. The van der Waals surface area contributed by atoms with Crippen LogP contribution in [0.1, 0.15) is 56.2 Å². The molecule has 3 atom stereocenters. The van der Waals surface area contributed by atoms with Gasteiger partial charge >= 0.3 is 0 Å². The first-order chi connectivity index (χ1) is 9.28. The summed E-state index contributed by atoms with van der Waals surface area (Å²) >= 11 is 8.26. The van der Waals surface area contributed by atoms with Gasteiger partial charge in [0.1, 0.15) is 0 Å². The lowest BCUT2D eigenvalue weighted by Gasteiger charge is -2.36. The third kappa shape index (κ3) is 3.34. The second-order valence-corrected chi connectivity index (χ2v) is 7.62. The lowest BCUT2D eigenvalue weighted by molar-refractivity contribution is 0.227. The molecule has 1 N–H and O–H groups in total. The summed E-state index contributed by atoms with van der Waals surface area (Å²) in [4.78, 5) is 1.45. The molecule has 1 nitrogen and oxygen atoms in total. The van der Waals surface area contributed by atoms with E-state index in [1.807, 2.05) is 11.3 Å². The Morgan fingerprint density at radius 3 is 2.79 bits per heavy atom. The summed E-state index contributed by atoms with van der Waals surface area (Å²) < 4.78 is 0. The molecule has 0 saturated heterocycles. The van der Waals surface area contributed by atoms with E-state index < -0.39 is 0 Å². The van der Waals surface area contributed by atoms with Crippen LogP contribution in [-0.2, 0) is 0 Å². The molecule has 2 fully saturated rings. The molecule has 3 unspecified atom stereocenters. The van der Waals surface area contributed by atoms with Crippen molar-refractivity contribution in [2.24, 2.45) is 11.8 Å². The Hall–Kier alpha value is -0.0500. The highest BCUT2D eigenvalue weighted by Gasteiger charge is 2.33. The molecule has 0 radical (unpaired) electrons. The maximum atomic E-state index is 6.39. The molecular weight excluding hydrogens is 274 g/mol. The summed E-state index contributed by atoms with van der Waals surface area (Å²) in [5.41, 5.74) is 0. The summed E-state index contributed by atoms with van der Waals surface area (Å²) in [6, 6.07) is 2.89. The van der Waals surface area contributed by atoms with Crippen LogP contribution in [0.25, 0.3) is 0 Å². The van der Waals surface area contributed by atoms with E-state index in [9.17, 15) is 0 Å². The van der Waals surface area contributed by atoms with E-state index in [0.29, 0.717) is 5.92 Å². The molecule has 106 valence electrons. The largest absolute Gasteiger partial charge is 0.314 e. The van der Waals surface area contributed by atoms with E-state index in [2.05, 4.69) is 23.7 Å². The lowest BCUT2D eigenvalue weighted by Crippen LogP contribution is -2.32. The number of thiophene rings is 1. The summed E-state index contributed by atoms with van der Waals surface area (Å²) in [7, 11) is 0. The van der Waals surface area contributed by atoms with Crippen molar-refractivity contribution in [3.63, 3.8) is 0 Å². The predicted molar refractivity (Wildman–Crippen MR) is 84.2 cm³/mol. The van der Waals surface area contributed by atoms with Crippen LogP contribution >= 0.6 is 22.9 Å². The Labute approximate surface area is 125 Å². The molecule has 0 aliphatic heterocycles. The van der Waals surface area contributed by atoms with Crippen LogP contribution < -0.4 is 5.32 Å². The fourth-order valence-electron chi connectivity index (χ4n) is 3.43. The third-order valence-electron chi connectivity index (χ3n) is 4.91. The first kappa shape index (κ1) is 13.9. The van der Waals surface area contributed by atoms with E-state index in [0.717, 1.165) is 22.9 Å². The second-order valence-electron chi connectivity index (χ2n) is 6.27.